The topological polar surface area (TPSA) is 61.8 Å². The van der Waals surface area contributed by atoms with E-state index in [2.05, 4.69) is 5.32 Å². The lowest BCUT2D eigenvalue weighted by Crippen LogP contribution is -2.62. The van der Waals surface area contributed by atoms with Crippen LogP contribution in [0.15, 0.2) is 0 Å². The fourth-order valence-corrected chi connectivity index (χ4v) is 1.38. The molecular weight excluding hydrogens is 196 g/mol. The standard InChI is InChI=1S/C10H20N2O3/c1-7(13)12-5-8(6-12)11-9(14)15-10(2,3)4/h7-8,13H,5-6H2,1-4H3,(H,11,14). The van der Waals surface area contributed by atoms with Crippen LogP contribution in [0.5, 0.6) is 0 Å². The van der Waals surface area contributed by atoms with Crippen LogP contribution >= 0.6 is 0 Å². The number of nitrogens with one attached hydrogen (secondary N) is 1. The minimum Gasteiger partial charge on any atom is -0.444 e. The first kappa shape index (κ1) is 12.3. The number of hydrogen-bond acceptors (Lipinski definition) is 4. The van der Waals surface area contributed by atoms with E-state index in [4.69, 9.17) is 4.74 Å². The van der Waals surface area contributed by atoms with Gasteiger partial charge in [0.1, 0.15) is 11.8 Å². The maximum atomic E-state index is 11.3. The normalized spacial score (nSPS) is 20.6. The number of aliphatic hydroxyl groups excluding tert-OH is 1. The van der Waals surface area contributed by atoms with Crippen LogP contribution < -0.4 is 5.32 Å². The molecule has 0 aromatic rings. The van der Waals surface area contributed by atoms with E-state index in [0.29, 0.717) is 13.1 Å². The van der Waals surface area contributed by atoms with Crippen molar-refractivity contribution >= 4 is 6.09 Å². The third-order valence-electron chi connectivity index (χ3n) is 2.16. The zero-order valence-corrected chi connectivity index (χ0v) is 9.78. The van der Waals surface area contributed by atoms with Crippen LogP contribution in [0.1, 0.15) is 27.7 Å². The maximum absolute atomic E-state index is 11.3. The van der Waals surface area contributed by atoms with Crippen LogP contribution in [0.2, 0.25) is 0 Å². The average Bonchev–Trinajstić information content (AvgIpc) is 1.91. The lowest BCUT2D eigenvalue weighted by atomic mass is 10.1. The van der Waals surface area contributed by atoms with Gasteiger partial charge in [-0.25, -0.2) is 4.79 Å². The van der Waals surface area contributed by atoms with Crippen LogP contribution in [-0.2, 0) is 4.74 Å². The highest BCUT2D eigenvalue weighted by Gasteiger charge is 2.31. The fourth-order valence-electron chi connectivity index (χ4n) is 1.38. The SMILES string of the molecule is CC(O)N1CC(NC(=O)OC(C)(C)C)C1. The molecule has 0 aromatic carbocycles. The highest BCUT2D eigenvalue weighted by molar-refractivity contribution is 5.68. The van der Waals surface area contributed by atoms with E-state index in [1.165, 1.54) is 0 Å². The molecule has 1 heterocycles. The predicted octanol–water partition coefficient (Wildman–Crippen LogP) is 0.534. The van der Waals surface area contributed by atoms with Gasteiger partial charge in [0.25, 0.3) is 0 Å². The highest BCUT2D eigenvalue weighted by Crippen LogP contribution is 2.12. The quantitative estimate of drug-likeness (QED) is 0.707. The van der Waals surface area contributed by atoms with Gasteiger partial charge in [-0.2, -0.15) is 0 Å². The Kier molecular flexibility index (Phi) is 3.57. The first-order valence-corrected chi connectivity index (χ1v) is 5.19. The first-order valence-electron chi connectivity index (χ1n) is 5.19. The monoisotopic (exact) mass is 216 g/mol. The summed E-state index contributed by atoms with van der Waals surface area (Å²) in [4.78, 5) is 13.2. The zero-order valence-electron chi connectivity index (χ0n) is 9.78. The van der Waals surface area contributed by atoms with Crippen LogP contribution in [0.4, 0.5) is 4.79 Å². The lowest BCUT2D eigenvalue weighted by molar-refractivity contribution is -0.0411. The molecule has 1 saturated heterocycles. The summed E-state index contributed by atoms with van der Waals surface area (Å²) in [6.07, 6.45) is -0.834. The zero-order chi connectivity index (χ0) is 11.6. The van der Waals surface area contributed by atoms with Crippen molar-refractivity contribution in [2.24, 2.45) is 0 Å². The molecule has 5 nitrogen and oxygen atoms in total. The minimum atomic E-state index is -0.461. The molecule has 0 aromatic heterocycles. The number of amides is 1. The van der Waals surface area contributed by atoms with Gasteiger partial charge in [0.2, 0.25) is 0 Å². The average molecular weight is 216 g/mol. The van der Waals surface area contributed by atoms with E-state index in [1.54, 1.807) is 6.92 Å². The van der Waals surface area contributed by atoms with Crippen molar-refractivity contribution in [1.29, 1.82) is 0 Å². The van der Waals surface area contributed by atoms with Gasteiger partial charge in [0.15, 0.2) is 0 Å². The molecule has 1 fully saturated rings. The number of likely N-dealkylation sites (tertiary alicyclic amines) is 1. The molecule has 0 aliphatic carbocycles. The lowest BCUT2D eigenvalue weighted by Gasteiger charge is -2.41. The third-order valence-corrected chi connectivity index (χ3v) is 2.16. The van der Waals surface area contributed by atoms with Gasteiger partial charge in [-0.15, -0.1) is 0 Å². The number of nitrogens with zero attached hydrogens (tertiary/aromatic N) is 1. The summed E-state index contributed by atoms with van der Waals surface area (Å²) in [6, 6.07) is 0.0921. The van der Waals surface area contributed by atoms with Crippen molar-refractivity contribution in [2.45, 2.75) is 45.6 Å². The van der Waals surface area contributed by atoms with Gasteiger partial charge in [-0.1, -0.05) is 0 Å². The number of carbonyl (C=O) groups is 1. The van der Waals surface area contributed by atoms with Crippen molar-refractivity contribution < 1.29 is 14.6 Å². The van der Waals surface area contributed by atoms with Crippen LogP contribution in [0.3, 0.4) is 0 Å². The van der Waals surface area contributed by atoms with E-state index in [9.17, 15) is 9.90 Å². The number of alkyl carbamates (subject to hydrolysis) is 1. The van der Waals surface area contributed by atoms with E-state index in [0.717, 1.165) is 0 Å². The van der Waals surface area contributed by atoms with Crippen molar-refractivity contribution in [2.75, 3.05) is 13.1 Å². The number of carbonyl (C=O) groups excluding carboxylic acids is 1. The summed E-state index contributed by atoms with van der Waals surface area (Å²) in [5.74, 6) is 0. The molecule has 2 N–H and O–H groups in total. The fraction of sp³-hybridized carbons (Fsp3) is 0.900. The third kappa shape index (κ3) is 4.05. The molecule has 0 saturated carbocycles. The molecular formula is C10H20N2O3. The molecule has 0 bridgehead atoms. The van der Waals surface area contributed by atoms with Gasteiger partial charge < -0.3 is 15.2 Å². The van der Waals surface area contributed by atoms with Gasteiger partial charge >= 0.3 is 6.09 Å². The number of hydrogen-bond donors (Lipinski definition) is 2. The van der Waals surface area contributed by atoms with Crippen molar-refractivity contribution in [3.63, 3.8) is 0 Å². The summed E-state index contributed by atoms with van der Waals surface area (Å²) in [5.41, 5.74) is -0.461. The summed E-state index contributed by atoms with van der Waals surface area (Å²) < 4.78 is 5.11. The van der Waals surface area contributed by atoms with Crippen molar-refractivity contribution in [3.8, 4) is 0 Å². The Morgan fingerprint density at radius 2 is 2.07 bits per heavy atom. The summed E-state index contributed by atoms with van der Waals surface area (Å²) in [5, 5.41) is 11.9. The minimum absolute atomic E-state index is 0.0921. The molecule has 1 aliphatic heterocycles. The Hall–Kier alpha value is -0.810. The number of ether oxygens (including phenoxy) is 1. The van der Waals surface area contributed by atoms with Crippen molar-refractivity contribution in [1.82, 2.24) is 10.2 Å². The second-order valence-electron chi connectivity index (χ2n) is 4.93. The Morgan fingerprint density at radius 3 is 2.47 bits per heavy atom. The summed E-state index contributed by atoms with van der Waals surface area (Å²) in [6.45, 7) is 8.55. The Bertz CT molecular complexity index is 229. The molecule has 0 spiro atoms. The molecule has 0 radical (unpaired) electrons. The summed E-state index contributed by atoms with van der Waals surface area (Å²) in [7, 11) is 0. The molecule has 88 valence electrons. The Morgan fingerprint density at radius 1 is 1.53 bits per heavy atom. The molecule has 15 heavy (non-hydrogen) atoms. The van der Waals surface area contributed by atoms with Crippen LogP contribution in [-0.4, -0.2) is 47.1 Å². The largest absolute Gasteiger partial charge is 0.444 e. The second kappa shape index (κ2) is 4.37. The smallest absolute Gasteiger partial charge is 0.407 e. The summed E-state index contributed by atoms with van der Waals surface area (Å²) >= 11 is 0. The van der Waals surface area contributed by atoms with E-state index < -0.39 is 17.9 Å². The number of rotatable bonds is 2. The Labute approximate surface area is 90.4 Å². The van der Waals surface area contributed by atoms with E-state index in [1.807, 2.05) is 25.7 Å². The van der Waals surface area contributed by atoms with Gasteiger partial charge in [-0.3, -0.25) is 4.90 Å². The first-order chi connectivity index (χ1) is 6.78. The molecule has 1 unspecified atom stereocenters. The highest BCUT2D eigenvalue weighted by atomic mass is 16.6. The van der Waals surface area contributed by atoms with Gasteiger partial charge in [-0.05, 0) is 27.7 Å². The Balaban J connectivity index is 2.19. The second-order valence-corrected chi connectivity index (χ2v) is 4.93. The van der Waals surface area contributed by atoms with E-state index in [-0.39, 0.29) is 6.04 Å². The van der Waals surface area contributed by atoms with E-state index >= 15 is 0 Å². The predicted molar refractivity (Wildman–Crippen MR) is 56.4 cm³/mol. The van der Waals surface area contributed by atoms with Crippen molar-refractivity contribution in [3.05, 3.63) is 0 Å². The molecule has 1 amide bonds. The van der Waals surface area contributed by atoms with Crippen LogP contribution in [0, 0.1) is 0 Å². The maximum Gasteiger partial charge on any atom is 0.407 e. The number of aliphatic hydroxyl groups is 1. The van der Waals surface area contributed by atoms with Gasteiger partial charge in [0, 0.05) is 13.1 Å². The van der Waals surface area contributed by atoms with Gasteiger partial charge in [0.05, 0.1) is 6.04 Å². The molecule has 1 atom stereocenters. The molecule has 1 rings (SSSR count). The molecule has 5 heteroatoms. The molecule has 1 aliphatic rings. The van der Waals surface area contributed by atoms with Crippen LogP contribution in [0.25, 0.3) is 0 Å².